The smallest absolute Gasteiger partial charge is 0.303 e. The van der Waals surface area contributed by atoms with E-state index in [1.165, 1.54) is 90.4 Å². The fourth-order valence-corrected chi connectivity index (χ4v) is 5.96. The molecule has 198 valence electrons. The first-order chi connectivity index (χ1) is 15.7. The second-order valence-corrected chi connectivity index (χ2v) is 12.8. The van der Waals surface area contributed by atoms with Gasteiger partial charge in [-0.05, 0) is 13.3 Å². The first-order valence-electron chi connectivity index (χ1n) is 13.8. The lowest BCUT2D eigenvalue weighted by Gasteiger charge is -2.26. The maximum absolute atomic E-state index is 12.5. The van der Waals surface area contributed by atoms with E-state index in [1.807, 2.05) is 6.92 Å². The van der Waals surface area contributed by atoms with Crippen molar-refractivity contribution < 1.29 is 23.3 Å². The summed E-state index contributed by atoms with van der Waals surface area (Å²) in [6, 6.07) is 0. The topological polar surface area (TPSA) is 52.6 Å². The molecule has 0 bridgehead atoms. The molecular formula is C27H57NO4P+. The van der Waals surface area contributed by atoms with Crippen LogP contribution in [0.3, 0.4) is 0 Å². The van der Waals surface area contributed by atoms with E-state index >= 15 is 0 Å². The minimum absolute atomic E-state index is 0.214. The molecule has 1 unspecified atom stereocenters. The first-order valence-corrected chi connectivity index (χ1v) is 15.6. The van der Waals surface area contributed by atoms with Crippen LogP contribution in [-0.4, -0.2) is 69.3 Å². The van der Waals surface area contributed by atoms with E-state index in [4.69, 9.17) is 9.47 Å². The molecule has 0 saturated carbocycles. The molecule has 0 aliphatic carbocycles. The fourth-order valence-electron chi connectivity index (χ4n) is 3.98. The molecule has 0 heterocycles. The second-order valence-electron chi connectivity index (χ2n) is 10.8. The molecule has 0 aliphatic rings. The Hall–Kier alpha value is -0.380. The van der Waals surface area contributed by atoms with Gasteiger partial charge in [0.25, 0.3) is 0 Å². The third kappa shape index (κ3) is 23.1. The van der Waals surface area contributed by atoms with Crippen molar-refractivity contribution in [3.8, 4) is 0 Å². The number of quaternary nitrogens is 1. The van der Waals surface area contributed by atoms with Gasteiger partial charge in [-0.15, -0.1) is 0 Å². The average Bonchev–Trinajstić information content (AvgIpc) is 2.73. The fraction of sp³-hybridized carbons (Fsp3) is 0.963. The van der Waals surface area contributed by atoms with Crippen LogP contribution in [0.2, 0.25) is 0 Å². The van der Waals surface area contributed by atoms with Crippen LogP contribution in [0.4, 0.5) is 0 Å². The summed E-state index contributed by atoms with van der Waals surface area (Å²) in [4.78, 5) is 11.5. The lowest BCUT2D eigenvalue weighted by atomic mass is 10.0. The summed E-state index contributed by atoms with van der Waals surface area (Å²) in [7, 11) is 4.50. The minimum atomic E-state index is -1.79. The van der Waals surface area contributed by atoms with Crippen molar-refractivity contribution >= 4 is 13.8 Å². The molecule has 5 nitrogen and oxygen atoms in total. The second kappa shape index (κ2) is 20.9. The van der Waals surface area contributed by atoms with Crippen LogP contribution in [0.25, 0.3) is 0 Å². The standard InChI is InChI=1S/C27H57NO4P/c1-7-8-9-10-11-12-13-14-15-16-17-18-19-20-22-31-25(2)27(32-26(3)29)24-33(30)23-21-28(4,5)6/h25,27,33H,7-24H2,1-6H3/q+1/t25-,27+/m0/s1. The number of rotatable bonds is 23. The van der Waals surface area contributed by atoms with Crippen LogP contribution < -0.4 is 0 Å². The number of ether oxygens (including phenoxy) is 2. The Morgan fingerprint density at radius 3 is 1.70 bits per heavy atom. The number of nitrogens with zero attached hydrogens (tertiary/aromatic N) is 1. The highest BCUT2D eigenvalue weighted by Gasteiger charge is 2.24. The van der Waals surface area contributed by atoms with Crippen LogP contribution in [0.15, 0.2) is 0 Å². The highest BCUT2D eigenvalue weighted by molar-refractivity contribution is 7.44. The molecule has 0 aromatic carbocycles. The van der Waals surface area contributed by atoms with Crippen molar-refractivity contribution in [2.75, 3.05) is 46.6 Å². The molecule has 0 aromatic heterocycles. The number of carbonyl (C=O) groups excluding carboxylic acids is 1. The van der Waals surface area contributed by atoms with Crippen LogP contribution >= 0.6 is 7.80 Å². The van der Waals surface area contributed by atoms with Crippen molar-refractivity contribution in [1.29, 1.82) is 0 Å². The Morgan fingerprint density at radius 1 is 0.818 bits per heavy atom. The first kappa shape index (κ1) is 32.6. The van der Waals surface area contributed by atoms with E-state index in [1.54, 1.807) is 0 Å². The van der Waals surface area contributed by atoms with Crippen molar-refractivity contribution in [3.63, 3.8) is 0 Å². The Bertz CT molecular complexity index is 493. The molecule has 0 saturated heterocycles. The largest absolute Gasteiger partial charge is 0.459 e. The molecule has 0 amide bonds. The van der Waals surface area contributed by atoms with Crippen molar-refractivity contribution in [2.45, 2.75) is 123 Å². The third-order valence-corrected chi connectivity index (χ3v) is 7.85. The summed E-state index contributed by atoms with van der Waals surface area (Å²) in [5.41, 5.74) is 0. The van der Waals surface area contributed by atoms with Gasteiger partial charge in [0, 0.05) is 25.9 Å². The number of hydrogen-bond acceptors (Lipinski definition) is 4. The Morgan fingerprint density at radius 2 is 1.27 bits per heavy atom. The normalized spacial score (nSPS) is 14.7. The van der Waals surface area contributed by atoms with Gasteiger partial charge in [-0.3, -0.25) is 4.79 Å². The Balaban J connectivity index is 3.80. The van der Waals surface area contributed by atoms with E-state index in [-0.39, 0.29) is 12.1 Å². The zero-order valence-corrected chi connectivity index (χ0v) is 24.0. The van der Waals surface area contributed by atoms with Gasteiger partial charge >= 0.3 is 5.97 Å². The predicted molar refractivity (Wildman–Crippen MR) is 143 cm³/mol. The Labute approximate surface area is 206 Å². The van der Waals surface area contributed by atoms with E-state index in [2.05, 4.69) is 28.1 Å². The van der Waals surface area contributed by atoms with Gasteiger partial charge in [-0.25, -0.2) is 0 Å². The minimum Gasteiger partial charge on any atom is -0.459 e. The highest BCUT2D eigenvalue weighted by Crippen LogP contribution is 2.25. The number of unbranched alkanes of at least 4 members (excludes halogenated alkanes) is 13. The monoisotopic (exact) mass is 490 g/mol. The summed E-state index contributed by atoms with van der Waals surface area (Å²) in [6.07, 6.45) is 19.2. The van der Waals surface area contributed by atoms with Crippen LogP contribution in [0.1, 0.15) is 111 Å². The van der Waals surface area contributed by atoms with Gasteiger partial charge in [0.2, 0.25) is 0 Å². The zero-order chi connectivity index (χ0) is 25.0. The lowest BCUT2D eigenvalue weighted by molar-refractivity contribution is -0.867. The van der Waals surface area contributed by atoms with E-state index < -0.39 is 13.9 Å². The molecule has 3 atom stereocenters. The van der Waals surface area contributed by atoms with Crippen LogP contribution in [0, 0.1) is 0 Å². The van der Waals surface area contributed by atoms with Gasteiger partial charge in [-0.1, -0.05) is 90.4 Å². The van der Waals surface area contributed by atoms with Crippen molar-refractivity contribution in [3.05, 3.63) is 0 Å². The molecule has 0 spiro atoms. The molecule has 0 N–H and O–H groups in total. The lowest BCUT2D eigenvalue weighted by Crippen LogP contribution is -2.37. The van der Waals surface area contributed by atoms with Gasteiger partial charge in [0.15, 0.2) is 0 Å². The SMILES string of the molecule is CCCCCCCCCCCCCCCCO[C@@H](C)[C@@H](C[PH](=O)CC[N+](C)(C)C)OC(C)=O. The van der Waals surface area contributed by atoms with E-state index in [0.29, 0.717) is 18.9 Å². The van der Waals surface area contributed by atoms with Gasteiger partial charge < -0.3 is 18.5 Å². The van der Waals surface area contributed by atoms with Gasteiger partial charge in [0.1, 0.15) is 6.10 Å². The maximum Gasteiger partial charge on any atom is 0.303 e. The molecular weight excluding hydrogens is 433 g/mol. The van der Waals surface area contributed by atoms with Crippen LogP contribution in [-0.2, 0) is 18.8 Å². The predicted octanol–water partition coefficient (Wildman–Crippen LogP) is 7.07. The number of carbonyl (C=O) groups is 1. The summed E-state index contributed by atoms with van der Waals surface area (Å²) in [5, 5.41) is 0. The molecule has 0 aromatic rings. The zero-order valence-electron chi connectivity index (χ0n) is 23.0. The quantitative estimate of drug-likeness (QED) is 0.0665. The Kier molecular flexibility index (Phi) is 20.7. The van der Waals surface area contributed by atoms with Crippen molar-refractivity contribution in [2.24, 2.45) is 0 Å². The van der Waals surface area contributed by atoms with Gasteiger partial charge in [-0.2, -0.15) is 0 Å². The van der Waals surface area contributed by atoms with E-state index in [0.717, 1.165) is 17.4 Å². The summed E-state index contributed by atoms with van der Waals surface area (Å²) >= 11 is 0. The molecule has 0 rings (SSSR count). The molecule has 0 fully saturated rings. The number of esters is 1. The molecule has 0 aliphatic heterocycles. The van der Waals surface area contributed by atoms with Crippen molar-refractivity contribution in [1.82, 2.24) is 0 Å². The summed E-state index contributed by atoms with van der Waals surface area (Å²) < 4.78 is 24.7. The van der Waals surface area contributed by atoms with E-state index in [9.17, 15) is 9.36 Å². The third-order valence-electron chi connectivity index (χ3n) is 6.21. The molecule has 33 heavy (non-hydrogen) atoms. The maximum atomic E-state index is 12.5. The van der Waals surface area contributed by atoms with Crippen LogP contribution in [0.5, 0.6) is 0 Å². The highest BCUT2D eigenvalue weighted by atomic mass is 31.1. The number of hydrogen-bond donors (Lipinski definition) is 0. The summed E-state index contributed by atoms with van der Waals surface area (Å²) in [6.45, 7) is 7.16. The van der Waals surface area contributed by atoms with Gasteiger partial charge in [0.05, 0.1) is 41.6 Å². The average molecular weight is 491 g/mol. The molecule has 6 heteroatoms. The molecule has 0 radical (unpaired) electrons. The summed E-state index contributed by atoms with van der Waals surface area (Å²) in [5.74, 6) is -0.326.